The zero-order valence-corrected chi connectivity index (χ0v) is 22.5. The number of carbonyl (C=O) groups excluding carboxylic acids is 1. The zero-order chi connectivity index (χ0) is 28.4. The van der Waals surface area contributed by atoms with Gasteiger partial charge in [0.1, 0.15) is 18.0 Å². The number of pyridine rings is 1. The van der Waals surface area contributed by atoms with Gasteiger partial charge in [-0.25, -0.2) is 14.8 Å². The van der Waals surface area contributed by atoms with Crippen LogP contribution in [-0.4, -0.2) is 35.2 Å². The van der Waals surface area contributed by atoms with Crippen molar-refractivity contribution in [1.29, 1.82) is 10.5 Å². The summed E-state index contributed by atoms with van der Waals surface area (Å²) in [5.74, 6) is 0.681. The second kappa shape index (κ2) is 13.1. The van der Waals surface area contributed by atoms with Crippen molar-refractivity contribution in [2.24, 2.45) is 0 Å². The van der Waals surface area contributed by atoms with Crippen molar-refractivity contribution in [2.75, 3.05) is 28.7 Å². The highest BCUT2D eigenvalue weighted by Gasteiger charge is 2.29. The van der Waals surface area contributed by atoms with Gasteiger partial charge in [-0.3, -0.25) is 4.90 Å². The molecule has 0 spiro atoms. The van der Waals surface area contributed by atoms with E-state index in [4.69, 9.17) is 5.26 Å². The fourth-order valence-electron chi connectivity index (χ4n) is 4.83. The van der Waals surface area contributed by atoms with Crippen LogP contribution in [0.25, 0.3) is 0 Å². The van der Waals surface area contributed by atoms with Crippen LogP contribution in [0.5, 0.6) is 0 Å². The molecule has 0 aliphatic carbocycles. The second-order valence-electron chi connectivity index (χ2n) is 9.72. The Balaban J connectivity index is 1.29. The summed E-state index contributed by atoms with van der Waals surface area (Å²) in [6.45, 7) is 1.88. The number of anilines is 4. The summed E-state index contributed by atoms with van der Waals surface area (Å²) in [6.07, 6.45) is 3.07. The number of hydrogen-bond acceptors (Lipinski definition) is 7. The van der Waals surface area contributed by atoms with Gasteiger partial charge in [-0.05, 0) is 66.9 Å². The zero-order valence-electron chi connectivity index (χ0n) is 22.5. The Labute approximate surface area is 239 Å². The Morgan fingerprint density at radius 3 is 2.32 bits per heavy atom. The van der Waals surface area contributed by atoms with Crippen molar-refractivity contribution in [3.05, 3.63) is 114 Å². The van der Waals surface area contributed by atoms with E-state index in [0.29, 0.717) is 23.5 Å². The average molecular weight is 543 g/mol. The van der Waals surface area contributed by atoms with Gasteiger partial charge < -0.3 is 16.1 Å². The van der Waals surface area contributed by atoms with E-state index < -0.39 is 0 Å². The van der Waals surface area contributed by atoms with Gasteiger partial charge in [0.2, 0.25) is 0 Å². The maximum absolute atomic E-state index is 13.6. The van der Waals surface area contributed by atoms with E-state index >= 15 is 0 Å². The van der Waals surface area contributed by atoms with Gasteiger partial charge in [0.25, 0.3) is 0 Å². The highest BCUT2D eigenvalue weighted by atomic mass is 16.2. The maximum Gasteiger partial charge on any atom is 0.322 e. The molecule has 3 N–H and O–H groups in total. The third kappa shape index (κ3) is 6.99. The van der Waals surface area contributed by atoms with Gasteiger partial charge >= 0.3 is 6.03 Å². The van der Waals surface area contributed by atoms with Gasteiger partial charge in [-0.15, -0.1) is 0 Å². The highest BCUT2D eigenvalue weighted by molar-refractivity contribution is 5.93. The number of para-hydroxylation sites is 1. The van der Waals surface area contributed by atoms with E-state index in [0.717, 1.165) is 48.6 Å². The van der Waals surface area contributed by atoms with Crippen molar-refractivity contribution in [3.63, 3.8) is 0 Å². The molecule has 1 saturated heterocycles. The van der Waals surface area contributed by atoms with E-state index in [1.165, 1.54) is 0 Å². The third-order valence-electron chi connectivity index (χ3n) is 6.97. The molecule has 1 aromatic heterocycles. The summed E-state index contributed by atoms with van der Waals surface area (Å²) < 4.78 is 0. The monoisotopic (exact) mass is 542 g/mol. The Hall–Kier alpha value is -5.38. The van der Waals surface area contributed by atoms with Gasteiger partial charge in [0, 0.05) is 43.2 Å². The van der Waals surface area contributed by atoms with E-state index in [9.17, 15) is 10.1 Å². The number of aromatic nitrogens is 1. The molecule has 0 radical (unpaired) electrons. The minimum atomic E-state index is -0.149. The van der Waals surface area contributed by atoms with Gasteiger partial charge in [0.05, 0.1) is 16.8 Å². The molecule has 0 saturated carbocycles. The van der Waals surface area contributed by atoms with Crippen molar-refractivity contribution in [2.45, 2.75) is 25.4 Å². The quantitative estimate of drug-likeness (QED) is 0.258. The van der Waals surface area contributed by atoms with Crippen LogP contribution in [0.1, 0.15) is 29.5 Å². The Kier molecular flexibility index (Phi) is 8.70. The molecule has 1 aliphatic rings. The lowest BCUT2D eigenvalue weighted by atomic mass is 10.0. The molecule has 0 bridgehead atoms. The number of urea groups is 1. The fraction of sp³-hybridized carbons (Fsp3) is 0.188. The largest absolute Gasteiger partial charge is 0.354 e. The van der Waals surface area contributed by atoms with Gasteiger partial charge in [0.15, 0.2) is 0 Å². The molecule has 1 aliphatic heterocycles. The molecule has 0 atom stereocenters. The number of nitrogens with zero attached hydrogens (tertiary/aromatic N) is 5. The summed E-state index contributed by atoms with van der Waals surface area (Å²) >= 11 is 0. The molecular weight excluding hydrogens is 512 g/mol. The topological polar surface area (TPSA) is 120 Å². The van der Waals surface area contributed by atoms with Crippen LogP contribution < -0.4 is 21.0 Å². The molecule has 1 fully saturated rings. The molecule has 5 rings (SSSR count). The van der Waals surface area contributed by atoms with E-state index in [-0.39, 0.29) is 12.1 Å². The summed E-state index contributed by atoms with van der Waals surface area (Å²) in [6, 6.07) is 32.6. The minimum absolute atomic E-state index is 0.00382. The Morgan fingerprint density at radius 2 is 1.63 bits per heavy atom. The predicted molar refractivity (Wildman–Crippen MR) is 159 cm³/mol. The standard InChI is InChI=1S/C32H30N8O/c33-20-25-10-15-31(35-23-25)38-39-18-16-29(17-19-39)40(32(41)36-22-24-6-2-1-3-7-24)28-13-11-27(12-14-28)37-30-9-5-4-8-26(30)21-34/h1-15,23,29,37H,16-19,22H2,(H,35,38)(H,36,41). The van der Waals surface area contributed by atoms with E-state index in [1.807, 2.05) is 77.7 Å². The van der Waals surface area contributed by atoms with Crippen molar-refractivity contribution in [1.82, 2.24) is 15.3 Å². The lowest BCUT2D eigenvalue weighted by Gasteiger charge is -2.38. The first kappa shape index (κ1) is 27.2. The van der Waals surface area contributed by atoms with Crippen LogP contribution in [0.4, 0.5) is 27.7 Å². The SMILES string of the molecule is N#Cc1ccc(NN2CCC(N(C(=O)NCc3ccccc3)c3ccc(Nc4ccccc4C#N)cc3)CC2)nc1. The third-order valence-corrected chi connectivity index (χ3v) is 6.97. The number of hydrogen-bond donors (Lipinski definition) is 3. The summed E-state index contributed by atoms with van der Waals surface area (Å²) in [5.41, 5.74) is 7.79. The average Bonchev–Trinajstić information content (AvgIpc) is 3.03. The first-order valence-corrected chi connectivity index (χ1v) is 13.5. The van der Waals surface area contributed by atoms with Crippen LogP contribution in [0.2, 0.25) is 0 Å². The number of benzene rings is 3. The molecule has 2 amide bonds. The highest BCUT2D eigenvalue weighted by Crippen LogP contribution is 2.28. The molecule has 41 heavy (non-hydrogen) atoms. The summed E-state index contributed by atoms with van der Waals surface area (Å²) in [5, 5.41) is 26.9. The number of amides is 2. The normalized spacial score (nSPS) is 13.4. The minimum Gasteiger partial charge on any atom is -0.354 e. The fourth-order valence-corrected chi connectivity index (χ4v) is 4.83. The van der Waals surface area contributed by atoms with Crippen molar-refractivity contribution >= 4 is 28.9 Å². The van der Waals surface area contributed by atoms with Crippen molar-refractivity contribution < 1.29 is 4.79 Å². The number of rotatable bonds is 8. The predicted octanol–water partition coefficient (Wildman–Crippen LogP) is 5.78. The number of nitrogens with one attached hydrogen (secondary N) is 3. The van der Waals surface area contributed by atoms with Gasteiger partial charge in [-0.2, -0.15) is 10.5 Å². The van der Waals surface area contributed by atoms with Crippen LogP contribution >= 0.6 is 0 Å². The first-order chi connectivity index (χ1) is 20.1. The summed E-state index contributed by atoms with van der Waals surface area (Å²) in [4.78, 5) is 19.8. The van der Waals surface area contributed by atoms with Crippen molar-refractivity contribution in [3.8, 4) is 12.1 Å². The maximum atomic E-state index is 13.6. The molecule has 9 nitrogen and oxygen atoms in total. The van der Waals surface area contributed by atoms with Crippen LogP contribution in [-0.2, 0) is 6.54 Å². The lowest BCUT2D eigenvalue weighted by molar-refractivity contribution is 0.225. The molecule has 9 heteroatoms. The van der Waals surface area contributed by atoms with Gasteiger partial charge in [-0.1, -0.05) is 42.5 Å². The number of nitriles is 2. The molecule has 0 unspecified atom stereocenters. The number of carbonyl (C=O) groups is 1. The molecule has 3 aromatic carbocycles. The smallest absolute Gasteiger partial charge is 0.322 e. The van der Waals surface area contributed by atoms with E-state index in [1.54, 1.807) is 24.4 Å². The molecule has 4 aromatic rings. The molecule has 2 heterocycles. The van der Waals surface area contributed by atoms with Crippen LogP contribution in [0.3, 0.4) is 0 Å². The van der Waals surface area contributed by atoms with Crippen LogP contribution in [0, 0.1) is 22.7 Å². The molecular formula is C32H30N8O. The Bertz CT molecular complexity index is 1530. The summed E-state index contributed by atoms with van der Waals surface area (Å²) in [7, 11) is 0. The molecule has 204 valence electrons. The number of hydrazine groups is 1. The first-order valence-electron chi connectivity index (χ1n) is 13.5. The second-order valence-corrected chi connectivity index (χ2v) is 9.72. The van der Waals surface area contributed by atoms with E-state index in [2.05, 4.69) is 38.2 Å². The lowest BCUT2D eigenvalue weighted by Crippen LogP contribution is -2.51. The Morgan fingerprint density at radius 1 is 0.902 bits per heavy atom. The number of piperidine rings is 1. The van der Waals surface area contributed by atoms with Crippen LogP contribution in [0.15, 0.2) is 97.2 Å².